The summed E-state index contributed by atoms with van der Waals surface area (Å²) in [5, 5.41) is 1.60. The van der Waals surface area contributed by atoms with Crippen LogP contribution in [0.5, 0.6) is 5.88 Å². The minimum Gasteiger partial charge on any atom is -0.474 e. The molecule has 0 saturated carbocycles. The van der Waals surface area contributed by atoms with Crippen LogP contribution >= 0.6 is 11.8 Å². The lowest BCUT2D eigenvalue weighted by Crippen LogP contribution is -2.43. The van der Waals surface area contributed by atoms with E-state index in [4.69, 9.17) is 14.5 Å². The standard InChI is InChI=1S/C24H35N3O2SSi/c1-16(2)31(17(3)4,18(5)6)13-10-19-14-22(29-20-8-11-28-12-9-20)26-23-21(19)15-25-24(27-23)30-7/h14-18,20H,8-9,11-12H2,1-7H3. The van der Waals surface area contributed by atoms with E-state index in [0.29, 0.717) is 33.3 Å². The van der Waals surface area contributed by atoms with Crippen molar-refractivity contribution in [2.45, 2.75) is 82.3 Å². The van der Waals surface area contributed by atoms with Crippen molar-refractivity contribution in [2.24, 2.45) is 0 Å². The number of hydrogen-bond donors (Lipinski definition) is 0. The Labute approximate surface area is 192 Å². The molecule has 0 aliphatic carbocycles. The van der Waals surface area contributed by atoms with E-state index < -0.39 is 8.07 Å². The van der Waals surface area contributed by atoms with Gasteiger partial charge in [0.1, 0.15) is 14.2 Å². The van der Waals surface area contributed by atoms with Gasteiger partial charge in [0.25, 0.3) is 0 Å². The first-order valence-electron chi connectivity index (χ1n) is 11.3. The molecule has 0 bridgehead atoms. The zero-order chi connectivity index (χ0) is 22.6. The molecular weight excluding hydrogens is 422 g/mol. The zero-order valence-electron chi connectivity index (χ0n) is 19.9. The predicted octanol–water partition coefficient (Wildman–Crippen LogP) is 5.87. The van der Waals surface area contributed by atoms with Gasteiger partial charge in [-0.2, -0.15) is 4.98 Å². The minimum absolute atomic E-state index is 0.122. The molecule has 2 aromatic heterocycles. The van der Waals surface area contributed by atoms with E-state index in [1.165, 1.54) is 11.8 Å². The van der Waals surface area contributed by atoms with Crippen LogP contribution < -0.4 is 4.74 Å². The van der Waals surface area contributed by atoms with Crippen LogP contribution in [0.25, 0.3) is 11.0 Å². The lowest BCUT2D eigenvalue weighted by molar-refractivity contribution is 0.0238. The van der Waals surface area contributed by atoms with Crippen molar-refractivity contribution in [3.05, 3.63) is 17.8 Å². The Morgan fingerprint density at radius 3 is 2.29 bits per heavy atom. The van der Waals surface area contributed by atoms with Gasteiger partial charge in [-0.1, -0.05) is 59.2 Å². The van der Waals surface area contributed by atoms with Crippen molar-refractivity contribution >= 4 is 30.9 Å². The van der Waals surface area contributed by atoms with Crippen LogP contribution in [-0.2, 0) is 4.74 Å². The van der Waals surface area contributed by atoms with Crippen molar-refractivity contribution in [2.75, 3.05) is 19.5 Å². The molecule has 0 spiro atoms. The van der Waals surface area contributed by atoms with Gasteiger partial charge in [-0.3, -0.25) is 0 Å². The number of ether oxygens (including phenoxy) is 2. The first-order chi connectivity index (χ1) is 14.8. The van der Waals surface area contributed by atoms with Crippen molar-refractivity contribution in [1.29, 1.82) is 0 Å². The number of nitrogens with zero attached hydrogens (tertiary/aromatic N) is 3. The van der Waals surface area contributed by atoms with Gasteiger partial charge in [0.2, 0.25) is 5.88 Å². The summed E-state index contributed by atoms with van der Waals surface area (Å²) in [6.07, 6.45) is 5.71. The number of hydrogen-bond acceptors (Lipinski definition) is 6. The second kappa shape index (κ2) is 10.3. The summed E-state index contributed by atoms with van der Waals surface area (Å²) >= 11 is 1.51. The molecule has 5 nitrogen and oxygen atoms in total. The molecule has 1 aliphatic heterocycles. The second-order valence-corrected chi connectivity index (χ2v) is 15.5. The van der Waals surface area contributed by atoms with E-state index in [1.54, 1.807) is 0 Å². The topological polar surface area (TPSA) is 57.1 Å². The van der Waals surface area contributed by atoms with Crippen LogP contribution in [0, 0.1) is 11.5 Å². The van der Waals surface area contributed by atoms with E-state index in [1.807, 2.05) is 18.5 Å². The SMILES string of the molecule is CSc1ncc2c(C#C[Si](C(C)C)(C(C)C)C(C)C)cc(OC3CCOCC3)nc2n1. The molecule has 0 N–H and O–H groups in total. The third-order valence-electron chi connectivity index (χ3n) is 6.44. The van der Waals surface area contributed by atoms with Crippen LogP contribution in [0.15, 0.2) is 17.4 Å². The molecule has 0 unspecified atom stereocenters. The Morgan fingerprint density at radius 2 is 1.71 bits per heavy atom. The fraction of sp³-hybridized carbons (Fsp3) is 0.625. The average molecular weight is 458 g/mol. The van der Waals surface area contributed by atoms with Gasteiger partial charge >= 0.3 is 0 Å². The van der Waals surface area contributed by atoms with E-state index in [2.05, 4.69) is 63.0 Å². The first-order valence-corrected chi connectivity index (χ1v) is 14.7. The van der Waals surface area contributed by atoms with E-state index in [0.717, 1.165) is 37.0 Å². The van der Waals surface area contributed by atoms with Gasteiger partial charge in [0.15, 0.2) is 10.8 Å². The molecule has 0 radical (unpaired) electrons. The lowest BCUT2D eigenvalue weighted by Gasteiger charge is -2.38. The number of thioether (sulfide) groups is 1. The molecule has 3 heterocycles. The average Bonchev–Trinajstić information content (AvgIpc) is 2.73. The summed E-state index contributed by atoms with van der Waals surface area (Å²) in [5.74, 6) is 4.17. The molecule has 1 aliphatic rings. The third kappa shape index (κ3) is 5.24. The summed E-state index contributed by atoms with van der Waals surface area (Å²) in [7, 11) is -1.86. The van der Waals surface area contributed by atoms with Crippen LogP contribution in [-0.4, -0.2) is 48.6 Å². The van der Waals surface area contributed by atoms with Gasteiger partial charge < -0.3 is 9.47 Å². The molecular formula is C24H35N3O2SSi. The highest BCUT2D eigenvalue weighted by molar-refractivity contribution is 7.98. The van der Waals surface area contributed by atoms with Crippen molar-refractivity contribution in [3.8, 4) is 17.3 Å². The van der Waals surface area contributed by atoms with Gasteiger partial charge in [0.05, 0.1) is 18.6 Å². The maximum absolute atomic E-state index is 6.24. The molecule has 2 aromatic rings. The summed E-state index contributed by atoms with van der Waals surface area (Å²) in [5.41, 5.74) is 7.11. The highest BCUT2D eigenvalue weighted by Crippen LogP contribution is 2.41. The molecule has 0 aromatic carbocycles. The molecule has 3 rings (SSSR count). The maximum Gasteiger partial charge on any atom is 0.216 e. The molecule has 7 heteroatoms. The number of fused-ring (bicyclic) bond motifs is 1. The highest BCUT2D eigenvalue weighted by atomic mass is 32.2. The Balaban J connectivity index is 2.10. The Bertz CT molecular complexity index is 941. The fourth-order valence-electron chi connectivity index (χ4n) is 4.81. The molecule has 1 fully saturated rings. The monoisotopic (exact) mass is 457 g/mol. The van der Waals surface area contributed by atoms with Crippen molar-refractivity contribution < 1.29 is 9.47 Å². The first kappa shape index (κ1) is 24.0. The maximum atomic E-state index is 6.24. The Hall–Kier alpha value is -1.62. The van der Waals surface area contributed by atoms with Crippen LogP contribution in [0.4, 0.5) is 0 Å². The number of rotatable bonds is 6. The molecule has 31 heavy (non-hydrogen) atoms. The van der Waals surface area contributed by atoms with Crippen LogP contribution in [0.1, 0.15) is 59.9 Å². The molecule has 0 amide bonds. The summed E-state index contributed by atoms with van der Waals surface area (Å²) in [6.45, 7) is 15.5. The fourth-order valence-corrected chi connectivity index (χ4v) is 10.4. The lowest BCUT2D eigenvalue weighted by atomic mass is 10.1. The van der Waals surface area contributed by atoms with Gasteiger partial charge in [-0.05, 0) is 22.9 Å². The largest absolute Gasteiger partial charge is 0.474 e. The normalized spacial score (nSPS) is 15.5. The quantitative estimate of drug-likeness (QED) is 0.234. The predicted molar refractivity (Wildman–Crippen MR) is 132 cm³/mol. The highest BCUT2D eigenvalue weighted by Gasteiger charge is 2.41. The van der Waals surface area contributed by atoms with E-state index >= 15 is 0 Å². The van der Waals surface area contributed by atoms with Crippen LogP contribution in [0.3, 0.4) is 0 Å². The molecule has 1 saturated heterocycles. The smallest absolute Gasteiger partial charge is 0.216 e. The van der Waals surface area contributed by atoms with E-state index in [-0.39, 0.29) is 6.10 Å². The Morgan fingerprint density at radius 1 is 1.06 bits per heavy atom. The molecule has 168 valence electrons. The third-order valence-corrected chi connectivity index (χ3v) is 13.3. The van der Waals surface area contributed by atoms with Crippen molar-refractivity contribution in [1.82, 2.24) is 15.0 Å². The second-order valence-electron chi connectivity index (χ2n) is 9.18. The number of pyridine rings is 1. The van der Waals surface area contributed by atoms with Gasteiger partial charge in [-0.15, -0.1) is 5.54 Å². The zero-order valence-corrected chi connectivity index (χ0v) is 21.7. The van der Waals surface area contributed by atoms with Crippen molar-refractivity contribution in [3.63, 3.8) is 0 Å². The van der Waals surface area contributed by atoms with Crippen LogP contribution in [0.2, 0.25) is 16.6 Å². The number of aromatic nitrogens is 3. The Kier molecular flexibility index (Phi) is 8.01. The molecule has 0 atom stereocenters. The van der Waals surface area contributed by atoms with Gasteiger partial charge in [-0.25, -0.2) is 9.97 Å². The minimum atomic E-state index is -1.86. The summed E-state index contributed by atoms with van der Waals surface area (Å²) in [6, 6.07) is 1.98. The summed E-state index contributed by atoms with van der Waals surface area (Å²) < 4.78 is 11.7. The van der Waals surface area contributed by atoms with E-state index in [9.17, 15) is 0 Å². The van der Waals surface area contributed by atoms with Gasteiger partial charge in [0, 0.05) is 30.7 Å². The summed E-state index contributed by atoms with van der Waals surface area (Å²) in [4.78, 5) is 13.8.